The van der Waals surface area contributed by atoms with Crippen molar-refractivity contribution < 1.29 is 9.53 Å². The molecular weight excluding hydrogens is 152 g/mol. The largest absolute Gasteiger partial charge is 0.384 e. The van der Waals surface area contributed by atoms with Crippen LogP contribution in [0.3, 0.4) is 0 Å². The van der Waals surface area contributed by atoms with Crippen LogP contribution in [-0.2, 0) is 11.2 Å². The Hall–Kier alpha value is -1.15. The van der Waals surface area contributed by atoms with Crippen molar-refractivity contribution in [2.24, 2.45) is 0 Å². The Morgan fingerprint density at radius 2 is 2.33 bits per heavy atom. The van der Waals surface area contributed by atoms with Crippen molar-refractivity contribution in [2.75, 3.05) is 13.7 Å². The Morgan fingerprint density at radius 3 is 3.00 bits per heavy atom. The first-order valence-corrected chi connectivity index (χ1v) is 3.90. The minimum atomic E-state index is 0.697. The highest BCUT2D eigenvalue weighted by Gasteiger charge is 1.93. The Kier molecular flexibility index (Phi) is 3.48. The van der Waals surface area contributed by atoms with Gasteiger partial charge in [0.25, 0.3) is 0 Å². The lowest BCUT2D eigenvalue weighted by Crippen LogP contribution is -1.94. The molecule has 0 unspecified atom stereocenters. The minimum Gasteiger partial charge on any atom is -0.384 e. The van der Waals surface area contributed by atoms with Gasteiger partial charge in [-0.3, -0.25) is 4.79 Å². The van der Waals surface area contributed by atoms with Gasteiger partial charge in [-0.25, -0.2) is 0 Å². The number of benzene rings is 1. The average molecular weight is 164 g/mol. The number of rotatable bonds is 4. The highest BCUT2D eigenvalue weighted by molar-refractivity contribution is 5.74. The summed E-state index contributed by atoms with van der Waals surface area (Å²) in [5, 5.41) is 0. The van der Waals surface area contributed by atoms with Crippen LogP contribution < -0.4 is 0 Å². The van der Waals surface area contributed by atoms with E-state index in [4.69, 9.17) is 4.74 Å². The third-order valence-electron chi connectivity index (χ3n) is 1.68. The molecule has 0 radical (unpaired) electrons. The molecule has 0 aliphatic rings. The summed E-state index contributed by atoms with van der Waals surface area (Å²) in [6.45, 7) is 0.697. The Balaban J connectivity index is 2.66. The molecule has 0 spiro atoms. The van der Waals surface area contributed by atoms with Crippen LogP contribution >= 0.6 is 0 Å². The van der Waals surface area contributed by atoms with Crippen molar-refractivity contribution in [3.63, 3.8) is 0 Å². The van der Waals surface area contributed by atoms with Crippen molar-refractivity contribution in [1.29, 1.82) is 0 Å². The summed E-state index contributed by atoms with van der Waals surface area (Å²) in [7, 11) is 1.67. The van der Waals surface area contributed by atoms with Crippen LogP contribution in [0.2, 0.25) is 0 Å². The van der Waals surface area contributed by atoms with Gasteiger partial charge < -0.3 is 4.74 Å². The predicted octanol–water partition coefficient (Wildman–Crippen LogP) is 1.69. The summed E-state index contributed by atoms with van der Waals surface area (Å²) in [5.74, 6) is 0. The van der Waals surface area contributed by atoms with Crippen LogP contribution in [0.25, 0.3) is 0 Å². The van der Waals surface area contributed by atoms with Crippen LogP contribution in [0.15, 0.2) is 24.3 Å². The second kappa shape index (κ2) is 4.67. The summed E-state index contributed by atoms with van der Waals surface area (Å²) in [4.78, 5) is 10.4. The van der Waals surface area contributed by atoms with E-state index in [0.717, 1.165) is 23.8 Å². The monoisotopic (exact) mass is 164 g/mol. The first-order valence-electron chi connectivity index (χ1n) is 3.90. The second-order valence-corrected chi connectivity index (χ2v) is 2.61. The molecule has 0 aliphatic heterocycles. The van der Waals surface area contributed by atoms with E-state index in [1.807, 2.05) is 18.2 Å². The Bertz CT molecular complexity index is 256. The van der Waals surface area contributed by atoms with E-state index >= 15 is 0 Å². The highest BCUT2D eigenvalue weighted by Crippen LogP contribution is 2.03. The number of hydrogen-bond acceptors (Lipinski definition) is 2. The van der Waals surface area contributed by atoms with E-state index in [9.17, 15) is 4.79 Å². The van der Waals surface area contributed by atoms with Crippen LogP contribution in [-0.4, -0.2) is 20.0 Å². The molecule has 0 bridgehead atoms. The summed E-state index contributed by atoms with van der Waals surface area (Å²) < 4.78 is 4.93. The highest BCUT2D eigenvalue weighted by atomic mass is 16.5. The van der Waals surface area contributed by atoms with E-state index in [0.29, 0.717) is 6.61 Å². The van der Waals surface area contributed by atoms with Crippen LogP contribution in [0.4, 0.5) is 0 Å². The Morgan fingerprint density at radius 1 is 1.50 bits per heavy atom. The zero-order chi connectivity index (χ0) is 8.81. The molecule has 1 rings (SSSR count). The lowest BCUT2D eigenvalue weighted by Gasteiger charge is -1.99. The van der Waals surface area contributed by atoms with Crippen molar-refractivity contribution in [1.82, 2.24) is 0 Å². The van der Waals surface area contributed by atoms with E-state index in [1.165, 1.54) is 0 Å². The van der Waals surface area contributed by atoms with Gasteiger partial charge in [-0.1, -0.05) is 18.2 Å². The van der Waals surface area contributed by atoms with Gasteiger partial charge in [0.15, 0.2) is 0 Å². The zero-order valence-corrected chi connectivity index (χ0v) is 7.12. The number of methoxy groups -OCH3 is 1. The molecule has 12 heavy (non-hydrogen) atoms. The second-order valence-electron chi connectivity index (χ2n) is 2.61. The van der Waals surface area contributed by atoms with Gasteiger partial charge in [0.2, 0.25) is 0 Å². The zero-order valence-electron chi connectivity index (χ0n) is 7.12. The number of hydrogen-bond donors (Lipinski definition) is 0. The average Bonchev–Trinajstić information content (AvgIpc) is 2.15. The fourth-order valence-corrected chi connectivity index (χ4v) is 1.04. The Labute approximate surface area is 72.2 Å². The lowest BCUT2D eigenvalue weighted by atomic mass is 10.1. The quantitative estimate of drug-likeness (QED) is 0.633. The molecule has 1 aromatic rings. The maximum atomic E-state index is 10.4. The van der Waals surface area contributed by atoms with Gasteiger partial charge in [-0.15, -0.1) is 0 Å². The van der Waals surface area contributed by atoms with Gasteiger partial charge in [-0.05, 0) is 18.1 Å². The molecular formula is C10H12O2. The van der Waals surface area contributed by atoms with Gasteiger partial charge in [0, 0.05) is 12.7 Å². The molecule has 0 saturated heterocycles. The summed E-state index contributed by atoms with van der Waals surface area (Å²) >= 11 is 0. The fourth-order valence-electron chi connectivity index (χ4n) is 1.04. The number of carbonyl (C=O) groups is 1. The van der Waals surface area contributed by atoms with E-state index in [1.54, 1.807) is 13.2 Å². The van der Waals surface area contributed by atoms with Crippen molar-refractivity contribution in [3.05, 3.63) is 35.4 Å². The van der Waals surface area contributed by atoms with Gasteiger partial charge in [0.05, 0.1) is 6.61 Å². The maximum absolute atomic E-state index is 10.4. The topological polar surface area (TPSA) is 26.3 Å². The first-order chi connectivity index (χ1) is 5.86. The minimum absolute atomic E-state index is 0.697. The molecule has 0 amide bonds. The lowest BCUT2D eigenvalue weighted by molar-refractivity contribution is 0.112. The molecule has 1 aromatic carbocycles. The van der Waals surface area contributed by atoms with E-state index in [-0.39, 0.29) is 0 Å². The van der Waals surface area contributed by atoms with Crippen molar-refractivity contribution in [3.8, 4) is 0 Å². The molecule has 64 valence electrons. The molecule has 0 aliphatic carbocycles. The summed E-state index contributed by atoms with van der Waals surface area (Å²) in [5.41, 5.74) is 1.87. The molecule has 0 atom stereocenters. The van der Waals surface area contributed by atoms with Gasteiger partial charge in [-0.2, -0.15) is 0 Å². The van der Waals surface area contributed by atoms with Gasteiger partial charge >= 0.3 is 0 Å². The molecule has 0 fully saturated rings. The third kappa shape index (κ3) is 2.47. The standard InChI is InChI=1S/C10H12O2/c1-12-6-5-9-3-2-4-10(7-9)8-11/h2-4,7-8H,5-6H2,1H3. The third-order valence-corrected chi connectivity index (χ3v) is 1.68. The first kappa shape index (κ1) is 8.94. The molecule has 0 heterocycles. The molecule has 0 saturated carbocycles. The maximum Gasteiger partial charge on any atom is 0.150 e. The van der Waals surface area contributed by atoms with Crippen LogP contribution in [0.5, 0.6) is 0 Å². The molecule has 2 heteroatoms. The van der Waals surface area contributed by atoms with E-state index < -0.39 is 0 Å². The normalized spacial score (nSPS) is 9.75. The van der Waals surface area contributed by atoms with Gasteiger partial charge in [0.1, 0.15) is 6.29 Å². The molecule has 0 N–H and O–H groups in total. The number of ether oxygens (including phenoxy) is 1. The van der Waals surface area contributed by atoms with Crippen LogP contribution in [0.1, 0.15) is 15.9 Å². The fraction of sp³-hybridized carbons (Fsp3) is 0.300. The van der Waals surface area contributed by atoms with E-state index in [2.05, 4.69) is 0 Å². The van der Waals surface area contributed by atoms with Crippen molar-refractivity contribution in [2.45, 2.75) is 6.42 Å². The number of carbonyl (C=O) groups excluding carboxylic acids is 1. The SMILES string of the molecule is COCCc1cccc(C=O)c1. The summed E-state index contributed by atoms with van der Waals surface area (Å²) in [6, 6.07) is 7.55. The predicted molar refractivity (Wildman–Crippen MR) is 47.4 cm³/mol. The number of aldehydes is 1. The van der Waals surface area contributed by atoms with Crippen molar-refractivity contribution >= 4 is 6.29 Å². The summed E-state index contributed by atoms with van der Waals surface area (Å²) in [6.07, 6.45) is 1.72. The molecule has 2 nitrogen and oxygen atoms in total. The molecule has 0 aromatic heterocycles. The van der Waals surface area contributed by atoms with Crippen LogP contribution in [0, 0.1) is 0 Å². The smallest absolute Gasteiger partial charge is 0.150 e.